The van der Waals surface area contributed by atoms with Gasteiger partial charge in [0.25, 0.3) is 0 Å². The Morgan fingerprint density at radius 1 is 1.33 bits per heavy atom. The summed E-state index contributed by atoms with van der Waals surface area (Å²) in [6.45, 7) is 0. The number of methoxy groups -OCH3 is 1. The van der Waals surface area contributed by atoms with E-state index in [0.717, 1.165) is 0 Å². The number of carbonyl (C=O) groups excluding carboxylic acids is 1. The van der Waals surface area contributed by atoms with Crippen LogP contribution in [0.1, 0.15) is 0 Å². The number of ether oxygens (including phenoxy) is 2. The Balaban J connectivity index is 2.50. The predicted molar refractivity (Wildman–Crippen MR) is 63.0 cm³/mol. The van der Waals surface area contributed by atoms with Crippen LogP contribution in [-0.4, -0.2) is 29.4 Å². The van der Waals surface area contributed by atoms with E-state index in [1.165, 1.54) is 7.11 Å². The van der Waals surface area contributed by atoms with Crippen molar-refractivity contribution >= 4 is 28.8 Å². The molecule has 2 rings (SSSR count). The minimum Gasteiger partial charge on any atom is -0.453 e. The highest BCUT2D eigenvalue weighted by Gasteiger charge is 2.17. The maximum Gasteiger partial charge on any atom is 0.512 e. The van der Waals surface area contributed by atoms with E-state index in [1.807, 2.05) is 0 Å². The van der Waals surface area contributed by atoms with Gasteiger partial charge in [-0.15, -0.1) is 0 Å². The number of carboxylic acid groups (broad SMARTS) is 1. The van der Waals surface area contributed by atoms with Gasteiger partial charge < -0.3 is 19.6 Å². The fourth-order valence-corrected chi connectivity index (χ4v) is 1.56. The van der Waals surface area contributed by atoms with Gasteiger partial charge in [0.15, 0.2) is 0 Å². The van der Waals surface area contributed by atoms with Crippen molar-refractivity contribution in [2.45, 2.75) is 0 Å². The van der Waals surface area contributed by atoms with Crippen LogP contribution in [0.3, 0.4) is 0 Å². The number of aromatic amines is 1. The highest BCUT2D eigenvalue weighted by atomic mass is 16.7. The quantitative estimate of drug-likeness (QED) is 0.710. The molecule has 0 radical (unpaired) electrons. The molecule has 7 nitrogen and oxygen atoms in total. The third-order valence-electron chi connectivity index (χ3n) is 2.27. The van der Waals surface area contributed by atoms with Gasteiger partial charge in [-0.2, -0.15) is 0 Å². The van der Waals surface area contributed by atoms with Crippen LogP contribution < -0.4 is 10.1 Å². The highest BCUT2D eigenvalue weighted by molar-refractivity contribution is 6.02. The first-order valence-corrected chi connectivity index (χ1v) is 4.98. The van der Waals surface area contributed by atoms with E-state index in [1.54, 1.807) is 24.3 Å². The smallest absolute Gasteiger partial charge is 0.453 e. The third kappa shape index (κ3) is 2.19. The molecule has 1 amide bonds. The molecule has 3 N–H and O–H groups in total. The normalized spacial score (nSPS) is 10.1. The first-order chi connectivity index (χ1) is 8.61. The number of H-pyrrole nitrogens is 1. The molecule has 0 bridgehead atoms. The minimum atomic E-state index is -1.48. The molecule has 18 heavy (non-hydrogen) atoms. The summed E-state index contributed by atoms with van der Waals surface area (Å²) in [6, 6.07) is 6.97. The zero-order valence-corrected chi connectivity index (χ0v) is 9.39. The zero-order chi connectivity index (χ0) is 13.1. The summed E-state index contributed by atoms with van der Waals surface area (Å²) >= 11 is 0. The Morgan fingerprint density at radius 2 is 2.06 bits per heavy atom. The Morgan fingerprint density at radius 3 is 2.72 bits per heavy atom. The number of hydrogen-bond donors (Lipinski definition) is 3. The van der Waals surface area contributed by atoms with E-state index in [-0.39, 0.29) is 11.6 Å². The summed E-state index contributed by atoms with van der Waals surface area (Å²) in [6.07, 6.45) is -2.19. The average Bonchev–Trinajstić information content (AvgIpc) is 2.66. The molecule has 0 saturated heterocycles. The SMILES string of the molecule is COC(=O)Nc1c(OC(=O)O)[nH]c2ccccc12. The van der Waals surface area contributed by atoms with Gasteiger partial charge in [-0.25, -0.2) is 9.59 Å². The Kier molecular flexibility index (Phi) is 3.05. The number of para-hydroxylation sites is 1. The Labute approximate surface area is 101 Å². The summed E-state index contributed by atoms with van der Waals surface area (Å²) in [5, 5.41) is 11.7. The van der Waals surface area contributed by atoms with Crippen molar-refractivity contribution < 1.29 is 24.2 Å². The molecule has 1 aromatic carbocycles. The van der Waals surface area contributed by atoms with E-state index in [0.29, 0.717) is 10.9 Å². The number of hydrogen-bond acceptors (Lipinski definition) is 4. The number of benzene rings is 1. The number of carbonyl (C=O) groups is 2. The molecule has 0 saturated carbocycles. The molecular formula is C11H10N2O5. The number of nitrogens with one attached hydrogen (secondary N) is 2. The van der Waals surface area contributed by atoms with E-state index >= 15 is 0 Å². The number of anilines is 1. The molecule has 7 heteroatoms. The summed E-state index contributed by atoms with van der Waals surface area (Å²) < 4.78 is 9.03. The van der Waals surface area contributed by atoms with Crippen LogP contribution in [0.5, 0.6) is 5.88 Å². The maximum atomic E-state index is 11.2. The van der Waals surface area contributed by atoms with Crippen molar-refractivity contribution in [3.63, 3.8) is 0 Å². The van der Waals surface area contributed by atoms with Gasteiger partial charge in [-0.3, -0.25) is 5.32 Å². The fourth-order valence-electron chi connectivity index (χ4n) is 1.56. The standard InChI is InChI=1S/C11H10N2O5/c1-17-10(14)13-8-6-4-2-3-5-7(6)12-9(8)18-11(15)16/h2-5,12H,1H3,(H,13,14)(H,15,16). The van der Waals surface area contributed by atoms with Crippen LogP contribution in [0.2, 0.25) is 0 Å². The monoisotopic (exact) mass is 250 g/mol. The third-order valence-corrected chi connectivity index (χ3v) is 2.27. The van der Waals surface area contributed by atoms with Crippen molar-refractivity contribution in [2.75, 3.05) is 12.4 Å². The summed E-state index contributed by atoms with van der Waals surface area (Å²) in [5.74, 6) is -0.0610. The molecule has 1 aromatic heterocycles. The molecule has 94 valence electrons. The second kappa shape index (κ2) is 4.66. The van der Waals surface area contributed by atoms with Gasteiger partial charge in [-0.1, -0.05) is 18.2 Å². The van der Waals surface area contributed by atoms with Gasteiger partial charge in [0, 0.05) is 5.39 Å². The van der Waals surface area contributed by atoms with Crippen molar-refractivity contribution in [1.82, 2.24) is 4.98 Å². The first-order valence-electron chi connectivity index (χ1n) is 4.98. The number of rotatable bonds is 2. The highest BCUT2D eigenvalue weighted by Crippen LogP contribution is 2.33. The lowest BCUT2D eigenvalue weighted by atomic mass is 10.2. The minimum absolute atomic E-state index is 0.0610. The molecule has 0 unspecified atom stereocenters. The lowest BCUT2D eigenvalue weighted by Crippen LogP contribution is -2.12. The molecule has 0 aliphatic heterocycles. The Bertz CT molecular complexity index is 604. The largest absolute Gasteiger partial charge is 0.512 e. The predicted octanol–water partition coefficient (Wildman–Crippen LogP) is 2.40. The summed E-state index contributed by atoms with van der Waals surface area (Å²) in [5.41, 5.74) is 0.861. The van der Waals surface area contributed by atoms with Crippen LogP contribution in [-0.2, 0) is 4.74 Å². The van der Waals surface area contributed by atoms with Crippen molar-refractivity contribution in [3.8, 4) is 5.88 Å². The van der Waals surface area contributed by atoms with Crippen LogP contribution in [0.15, 0.2) is 24.3 Å². The molecule has 0 aliphatic carbocycles. The average molecular weight is 250 g/mol. The van der Waals surface area contributed by atoms with Crippen molar-refractivity contribution in [3.05, 3.63) is 24.3 Å². The van der Waals surface area contributed by atoms with Gasteiger partial charge in [0.05, 0.1) is 12.6 Å². The van der Waals surface area contributed by atoms with E-state index < -0.39 is 12.2 Å². The molecule has 2 aromatic rings. The molecule has 1 heterocycles. The summed E-state index contributed by atoms with van der Waals surface area (Å²) in [4.78, 5) is 24.5. The van der Waals surface area contributed by atoms with Gasteiger partial charge in [0.1, 0.15) is 5.69 Å². The lowest BCUT2D eigenvalue weighted by Gasteiger charge is -2.04. The topological polar surface area (TPSA) is 101 Å². The maximum absolute atomic E-state index is 11.2. The van der Waals surface area contributed by atoms with E-state index in [4.69, 9.17) is 5.11 Å². The Hall–Kier alpha value is -2.70. The molecule has 0 aliphatic rings. The van der Waals surface area contributed by atoms with Crippen LogP contribution >= 0.6 is 0 Å². The number of aromatic nitrogens is 1. The van der Waals surface area contributed by atoms with Crippen LogP contribution in [0.25, 0.3) is 10.9 Å². The number of amides is 1. The lowest BCUT2D eigenvalue weighted by molar-refractivity contribution is 0.143. The molecule has 0 atom stereocenters. The van der Waals surface area contributed by atoms with Gasteiger partial charge in [0.2, 0.25) is 5.88 Å². The number of fused-ring (bicyclic) bond motifs is 1. The molecular weight excluding hydrogens is 240 g/mol. The van der Waals surface area contributed by atoms with Crippen LogP contribution in [0.4, 0.5) is 15.3 Å². The molecule has 0 fully saturated rings. The van der Waals surface area contributed by atoms with E-state index in [2.05, 4.69) is 19.8 Å². The summed E-state index contributed by atoms with van der Waals surface area (Å²) in [7, 11) is 1.21. The second-order valence-electron chi connectivity index (χ2n) is 3.36. The van der Waals surface area contributed by atoms with E-state index in [9.17, 15) is 9.59 Å². The van der Waals surface area contributed by atoms with Crippen LogP contribution in [0, 0.1) is 0 Å². The van der Waals surface area contributed by atoms with Gasteiger partial charge >= 0.3 is 12.2 Å². The first kappa shape index (κ1) is 11.8. The zero-order valence-electron chi connectivity index (χ0n) is 9.39. The second-order valence-corrected chi connectivity index (χ2v) is 3.36. The van der Waals surface area contributed by atoms with Gasteiger partial charge in [-0.05, 0) is 6.07 Å². The fraction of sp³-hybridized carbons (Fsp3) is 0.0909. The molecule has 0 spiro atoms. The van der Waals surface area contributed by atoms with Crippen molar-refractivity contribution in [1.29, 1.82) is 0 Å². The van der Waals surface area contributed by atoms with Crippen molar-refractivity contribution in [2.24, 2.45) is 0 Å².